The molecule has 0 atom stereocenters. The van der Waals surface area contributed by atoms with Crippen molar-refractivity contribution in [3.05, 3.63) is 35.0 Å². The van der Waals surface area contributed by atoms with Gasteiger partial charge in [-0.25, -0.2) is 0 Å². The van der Waals surface area contributed by atoms with Crippen molar-refractivity contribution >= 4 is 29.1 Å². The third-order valence-electron chi connectivity index (χ3n) is 3.16. The fourth-order valence-corrected chi connectivity index (χ4v) is 2.07. The van der Waals surface area contributed by atoms with Crippen LogP contribution in [0.4, 0.5) is 17.5 Å². The second-order valence-electron chi connectivity index (χ2n) is 4.84. The van der Waals surface area contributed by atoms with Gasteiger partial charge in [0, 0.05) is 17.3 Å². The topological polar surface area (TPSA) is 62.7 Å². The summed E-state index contributed by atoms with van der Waals surface area (Å²) in [6.45, 7) is 5.02. The fourth-order valence-electron chi connectivity index (χ4n) is 1.90. The molecule has 2 aromatic rings. The Bertz CT molecular complexity index is 588. The first-order valence-electron chi connectivity index (χ1n) is 7.16. The lowest BCUT2D eigenvalue weighted by atomic mass is 10.2. The Kier molecular flexibility index (Phi) is 5.75. The Labute approximate surface area is 130 Å². The van der Waals surface area contributed by atoms with Crippen LogP contribution in [-0.4, -0.2) is 21.7 Å². The molecule has 0 aliphatic carbocycles. The minimum absolute atomic E-state index is 0.459. The Morgan fingerprint density at radius 3 is 2.90 bits per heavy atom. The molecule has 2 rings (SSSR count). The summed E-state index contributed by atoms with van der Waals surface area (Å²) >= 11 is 6.10. The van der Waals surface area contributed by atoms with Gasteiger partial charge in [0.1, 0.15) is 0 Å². The average Bonchev–Trinajstić information content (AvgIpc) is 2.49. The number of unbranched alkanes of at least 4 members (excludes halogenated alkanes) is 2. The van der Waals surface area contributed by atoms with Crippen molar-refractivity contribution in [1.29, 1.82) is 0 Å². The van der Waals surface area contributed by atoms with Gasteiger partial charge in [-0.3, -0.25) is 0 Å². The maximum Gasteiger partial charge on any atom is 0.249 e. The first-order valence-corrected chi connectivity index (χ1v) is 7.54. The van der Waals surface area contributed by atoms with E-state index in [9.17, 15) is 0 Å². The van der Waals surface area contributed by atoms with Crippen molar-refractivity contribution < 1.29 is 0 Å². The third-order valence-corrected chi connectivity index (χ3v) is 3.57. The molecule has 0 aliphatic heterocycles. The van der Waals surface area contributed by atoms with Crippen LogP contribution in [0.15, 0.2) is 24.4 Å². The largest absolute Gasteiger partial charge is 0.369 e. The number of anilines is 3. The molecule has 0 unspecified atom stereocenters. The molecular formula is C15H20ClN5. The number of halogens is 1. The molecule has 112 valence electrons. The van der Waals surface area contributed by atoms with E-state index in [1.54, 1.807) is 6.20 Å². The average molecular weight is 306 g/mol. The second kappa shape index (κ2) is 7.78. The number of nitrogens with zero attached hydrogens (tertiary/aromatic N) is 3. The number of benzene rings is 1. The van der Waals surface area contributed by atoms with E-state index in [4.69, 9.17) is 11.6 Å². The van der Waals surface area contributed by atoms with Gasteiger partial charge >= 0.3 is 0 Å². The van der Waals surface area contributed by atoms with Crippen LogP contribution in [0.25, 0.3) is 0 Å². The summed E-state index contributed by atoms with van der Waals surface area (Å²) in [7, 11) is 0. The molecule has 0 radical (unpaired) electrons. The van der Waals surface area contributed by atoms with Crippen LogP contribution < -0.4 is 10.6 Å². The molecule has 0 aliphatic rings. The van der Waals surface area contributed by atoms with Crippen LogP contribution in [0.5, 0.6) is 0 Å². The first kappa shape index (κ1) is 15.5. The molecule has 21 heavy (non-hydrogen) atoms. The van der Waals surface area contributed by atoms with Crippen LogP contribution in [0.1, 0.15) is 31.7 Å². The second-order valence-corrected chi connectivity index (χ2v) is 5.24. The maximum absolute atomic E-state index is 6.10. The Hall–Kier alpha value is -1.88. The highest BCUT2D eigenvalue weighted by Crippen LogP contribution is 2.24. The van der Waals surface area contributed by atoms with Crippen molar-refractivity contribution in [2.75, 3.05) is 17.2 Å². The molecule has 1 heterocycles. The predicted octanol–water partition coefficient (Wildman–Crippen LogP) is 4.18. The SMILES string of the molecule is CCCCCNc1cnnc(Nc2cccc(Cl)c2C)n1. The zero-order valence-corrected chi connectivity index (χ0v) is 13.1. The normalized spacial score (nSPS) is 10.4. The standard InChI is InChI=1S/C15H20ClN5/c1-3-4-5-9-17-14-10-18-21-15(20-14)19-13-8-6-7-12(16)11(13)2/h6-8,10H,3-5,9H2,1-2H3,(H2,17,19,20,21). The lowest BCUT2D eigenvalue weighted by Gasteiger charge is -2.10. The van der Waals surface area contributed by atoms with Crippen molar-refractivity contribution in [3.63, 3.8) is 0 Å². The van der Waals surface area contributed by atoms with Gasteiger partial charge in [0.05, 0.1) is 6.20 Å². The van der Waals surface area contributed by atoms with E-state index in [0.717, 1.165) is 30.0 Å². The number of nitrogens with one attached hydrogen (secondary N) is 2. The summed E-state index contributed by atoms with van der Waals surface area (Å²) < 4.78 is 0. The van der Waals surface area contributed by atoms with E-state index in [1.165, 1.54) is 12.8 Å². The summed E-state index contributed by atoms with van der Waals surface area (Å²) in [4.78, 5) is 4.40. The molecule has 0 saturated carbocycles. The molecule has 0 spiro atoms. The van der Waals surface area contributed by atoms with Crippen LogP contribution in [0.2, 0.25) is 5.02 Å². The number of aromatic nitrogens is 3. The van der Waals surface area contributed by atoms with Gasteiger partial charge < -0.3 is 10.6 Å². The van der Waals surface area contributed by atoms with Gasteiger partial charge in [0.2, 0.25) is 5.95 Å². The quantitative estimate of drug-likeness (QED) is 0.751. The molecule has 0 saturated heterocycles. The fraction of sp³-hybridized carbons (Fsp3) is 0.400. The highest BCUT2D eigenvalue weighted by Gasteiger charge is 2.05. The van der Waals surface area contributed by atoms with Crippen LogP contribution in [0, 0.1) is 6.92 Å². The summed E-state index contributed by atoms with van der Waals surface area (Å²) in [5.74, 6) is 1.18. The van der Waals surface area contributed by atoms with E-state index < -0.39 is 0 Å². The molecule has 6 heteroatoms. The Morgan fingerprint density at radius 2 is 2.10 bits per heavy atom. The van der Waals surface area contributed by atoms with E-state index in [-0.39, 0.29) is 0 Å². The van der Waals surface area contributed by atoms with Gasteiger partial charge in [-0.15, -0.1) is 5.10 Å². The molecule has 1 aromatic heterocycles. The first-order chi connectivity index (χ1) is 10.2. The van der Waals surface area contributed by atoms with Crippen molar-refractivity contribution in [2.24, 2.45) is 0 Å². The minimum atomic E-state index is 0.459. The highest BCUT2D eigenvalue weighted by molar-refractivity contribution is 6.31. The van der Waals surface area contributed by atoms with Gasteiger partial charge in [0.15, 0.2) is 5.82 Å². The molecule has 1 aromatic carbocycles. The molecule has 0 amide bonds. The lowest BCUT2D eigenvalue weighted by molar-refractivity contribution is 0.741. The zero-order chi connectivity index (χ0) is 15.1. The van der Waals surface area contributed by atoms with Gasteiger partial charge in [-0.2, -0.15) is 10.1 Å². The van der Waals surface area contributed by atoms with Crippen molar-refractivity contribution in [1.82, 2.24) is 15.2 Å². The molecular weight excluding hydrogens is 286 g/mol. The minimum Gasteiger partial charge on any atom is -0.369 e. The van der Waals surface area contributed by atoms with E-state index in [0.29, 0.717) is 11.0 Å². The number of rotatable bonds is 7. The molecule has 0 fully saturated rings. The summed E-state index contributed by atoms with van der Waals surface area (Å²) in [6, 6.07) is 5.68. The monoisotopic (exact) mass is 305 g/mol. The maximum atomic E-state index is 6.10. The van der Waals surface area contributed by atoms with Crippen molar-refractivity contribution in [3.8, 4) is 0 Å². The third kappa shape index (κ3) is 4.56. The van der Waals surface area contributed by atoms with E-state index in [2.05, 4.69) is 32.7 Å². The zero-order valence-electron chi connectivity index (χ0n) is 12.4. The van der Waals surface area contributed by atoms with Gasteiger partial charge in [-0.1, -0.05) is 37.4 Å². The molecule has 2 N–H and O–H groups in total. The molecule has 0 bridgehead atoms. The predicted molar refractivity (Wildman–Crippen MR) is 87.3 cm³/mol. The summed E-state index contributed by atoms with van der Waals surface area (Å²) in [6.07, 6.45) is 5.15. The van der Waals surface area contributed by atoms with Crippen LogP contribution in [-0.2, 0) is 0 Å². The lowest BCUT2D eigenvalue weighted by Crippen LogP contribution is -2.07. The summed E-state index contributed by atoms with van der Waals surface area (Å²) in [5, 5.41) is 15.1. The number of hydrogen-bond donors (Lipinski definition) is 2. The Morgan fingerprint density at radius 1 is 1.24 bits per heavy atom. The van der Waals surface area contributed by atoms with E-state index >= 15 is 0 Å². The van der Waals surface area contributed by atoms with Crippen molar-refractivity contribution in [2.45, 2.75) is 33.1 Å². The number of hydrogen-bond acceptors (Lipinski definition) is 5. The smallest absolute Gasteiger partial charge is 0.249 e. The molecule has 5 nitrogen and oxygen atoms in total. The summed E-state index contributed by atoms with van der Waals surface area (Å²) in [5.41, 5.74) is 1.84. The van der Waals surface area contributed by atoms with E-state index in [1.807, 2.05) is 25.1 Å². The Balaban J connectivity index is 2.02. The van der Waals surface area contributed by atoms with Crippen LogP contribution >= 0.6 is 11.6 Å². The van der Waals surface area contributed by atoms with Gasteiger partial charge in [0.25, 0.3) is 0 Å². The highest BCUT2D eigenvalue weighted by atomic mass is 35.5. The van der Waals surface area contributed by atoms with Crippen LogP contribution in [0.3, 0.4) is 0 Å². The van der Waals surface area contributed by atoms with Gasteiger partial charge in [-0.05, 0) is 31.0 Å².